The minimum Gasteiger partial charge on any atom is -0.493 e. The number of nitrogens with zero attached hydrogens (tertiary/aromatic N) is 2. The van der Waals surface area contributed by atoms with Gasteiger partial charge < -0.3 is 19.3 Å². The third-order valence-electron chi connectivity index (χ3n) is 7.05. The fraction of sp³-hybridized carbons (Fsp3) is 0.242. The third kappa shape index (κ3) is 5.19. The molecule has 2 aromatic heterocycles. The van der Waals surface area contributed by atoms with Crippen LogP contribution < -0.4 is 9.47 Å². The zero-order valence-electron chi connectivity index (χ0n) is 23.2. The van der Waals surface area contributed by atoms with E-state index in [0.717, 1.165) is 45.1 Å². The van der Waals surface area contributed by atoms with Crippen LogP contribution in [-0.4, -0.2) is 33.3 Å². The van der Waals surface area contributed by atoms with E-state index in [1.807, 2.05) is 58.0 Å². The fourth-order valence-corrected chi connectivity index (χ4v) is 5.53. The molecular formula is C33H29ClN2O5. The number of halogens is 1. The van der Waals surface area contributed by atoms with E-state index in [9.17, 15) is 9.90 Å². The first-order valence-corrected chi connectivity index (χ1v) is 13.8. The minimum absolute atomic E-state index is 0.405. The number of fused-ring (bicyclic) bond motifs is 1. The summed E-state index contributed by atoms with van der Waals surface area (Å²) >= 11 is 6.03. The molecule has 3 heterocycles. The lowest BCUT2D eigenvalue weighted by atomic mass is 9.86. The maximum Gasteiger partial charge on any atom is 0.337 e. The van der Waals surface area contributed by atoms with Gasteiger partial charge in [-0.05, 0) is 99.0 Å². The van der Waals surface area contributed by atoms with Gasteiger partial charge in [0.1, 0.15) is 11.5 Å². The van der Waals surface area contributed by atoms with E-state index in [2.05, 4.69) is 0 Å². The fourth-order valence-electron chi connectivity index (χ4n) is 5.40. The van der Waals surface area contributed by atoms with E-state index in [-0.39, 0.29) is 0 Å². The van der Waals surface area contributed by atoms with Crippen LogP contribution in [0, 0.1) is 6.92 Å². The molecule has 0 radical (unpaired) electrons. The standard InChI is InChI=1S/C33H29ClN2O5/c1-18-17-24-22(10-12-26(36-24)40-21-7-5-20(34)6-8-21)29(27(18)31(32(37)38)41-33(2,3)4)23-9-11-25-28-19(14-16-39-25)13-15-35-30(23)28/h5-13,15,17,31H,14,16H2,1-4H3,(H,37,38)/t31-/m0/s1. The number of ether oxygens (including phenoxy) is 3. The van der Waals surface area contributed by atoms with Crippen LogP contribution in [0.25, 0.3) is 32.9 Å². The Hall–Kier alpha value is -4.20. The monoisotopic (exact) mass is 568 g/mol. The van der Waals surface area contributed by atoms with Gasteiger partial charge in [0.05, 0.1) is 23.2 Å². The first-order valence-electron chi connectivity index (χ1n) is 13.4. The SMILES string of the molecule is Cc1cc2nc(Oc3ccc(Cl)cc3)ccc2c(-c2ccc3c4c(ccnc24)CCO3)c1[C@H](OC(C)(C)C)C(=O)O. The highest BCUT2D eigenvalue weighted by Crippen LogP contribution is 2.45. The number of aliphatic carboxylic acids is 1. The predicted octanol–water partition coefficient (Wildman–Crippen LogP) is 8.08. The normalized spacial score (nSPS) is 13.7. The van der Waals surface area contributed by atoms with Gasteiger partial charge in [0, 0.05) is 45.6 Å². The molecule has 208 valence electrons. The molecule has 41 heavy (non-hydrogen) atoms. The van der Waals surface area contributed by atoms with Gasteiger partial charge in [-0.1, -0.05) is 11.6 Å². The zero-order chi connectivity index (χ0) is 28.9. The van der Waals surface area contributed by atoms with Crippen molar-refractivity contribution in [2.45, 2.75) is 45.8 Å². The lowest BCUT2D eigenvalue weighted by Gasteiger charge is -2.29. The second-order valence-electron chi connectivity index (χ2n) is 11.1. The van der Waals surface area contributed by atoms with Crippen LogP contribution in [-0.2, 0) is 16.0 Å². The van der Waals surface area contributed by atoms with E-state index in [0.29, 0.717) is 39.9 Å². The number of carboxylic acids is 1. The highest BCUT2D eigenvalue weighted by atomic mass is 35.5. The maximum atomic E-state index is 12.8. The molecule has 0 aliphatic carbocycles. The number of aryl methyl sites for hydroxylation is 1. The molecule has 0 unspecified atom stereocenters. The molecule has 0 saturated carbocycles. The van der Waals surface area contributed by atoms with Gasteiger partial charge >= 0.3 is 5.97 Å². The van der Waals surface area contributed by atoms with Crippen LogP contribution in [0.2, 0.25) is 5.02 Å². The van der Waals surface area contributed by atoms with Crippen molar-refractivity contribution < 1.29 is 24.1 Å². The molecule has 1 aliphatic heterocycles. The number of benzene rings is 3. The van der Waals surface area contributed by atoms with Crippen LogP contribution in [0.15, 0.2) is 66.9 Å². The summed E-state index contributed by atoms with van der Waals surface area (Å²) in [6.45, 7) is 8.04. The Bertz CT molecular complexity index is 1800. The summed E-state index contributed by atoms with van der Waals surface area (Å²) in [5.74, 6) is 0.710. The summed E-state index contributed by atoms with van der Waals surface area (Å²) in [5.41, 5.74) is 4.64. The smallest absolute Gasteiger partial charge is 0.337 e. The molecule has 0 spiro atoms. The number of hydrogen-bond acceptors (Lipinski definition) is 6. The van der Waals surface area contributed by atoms with Crippen molar-refractivity contribution in [2.24, 2.45) is 0 Å². The van der Waals surface area contributed by atoms with Crippen LogP contribution in [0.1, 0.15) is 43.6 Å². The van der Waals surface area contributed by atoms with Gasteiger partial charge in [-0.3, -0.25) is 4.98 Å². The van der Waals surface area contributed by atoms with Crippen LogP contribution >= 0.6 is 11.6 Å². The lowest BCUT2D eigenvalue weighted by Crippen LogP contribution is -2.28. The van der Waals surface area contributed by atoms with Crippen molar-refractivity contribution in [3.8, 4) is 28.5 Å². The van der Waals surface area contributed by atoms with Crippen LogP contribution in [0.4, 0.5) is 0 Å². The lowest BCUT2D eigenvalue weighted by molar-refractivity contribution is -0.160. The van der Waals surface area contributed by atoms with Crippen molar-refractivity contribution in [1.29, 1.82) is 0 Å². The van der Waals surface area contributed by atoms with Gasteiger partial charge in [-0.2, -0.15) is 0 Å². The van der Waals surface area contributed by atoms with E-state index in [1.54, 1.807) is 36.5 Å². The molecule has 1 atom stereocenters. The molecule has 3 aromatic carbocycles. The van der Waals surface area contributed by atoms with Gasteiger partial charge in [0.2, 0.25) is 5.88 Å². The molecule has 8 heteroatoms. The second kappa shape index (κ2) is 10.3. The minimum atomic E-state index is -1.22. The Morgan fingerprint density at radius 3 is 2.59 bits per heavy atom. The Morgan fingerprint density at radius 2 is 1.85 bits per heavy atom. The highest BCUT2D eigenvalue weighted by molar-refractivity contribution is 6.30. The van der Waals surface area contributed by atoms with Gasteiger partial charge in [-0.25, -0.2) is 9.78 Å². The second-order valence-corrected chi connectivity index (χ2v) is 11.5. The van der Waals surface area contributed by atoms with E-state index >= 15 is 0 Å². The summed E-state index contributed by atoms with van der Waals surface area (Å²) in [5, 5.41) is 12.7. The van der Waals surface area contributed by atoms with Crippen molar-refractivity contribution in [2.75, 3.05) is 6.61 Å². The molecule has 0 bridgehead atoms. The Balaban J connectivity index is 1.62. The zero-order valence-corrected chi connectivity index (χ0v) is 24.0. The summed E-state index contributed by atoms with van der Waals surface area (Å²) in [7, 11) is 0. The maximum absolute atomic E-state index is 12.8. The molecule has 1 aliphatic rings. The third-order valence-corrected chi connectivity index (χ3v) is 7.30. The van der Waals surface area contributed by atoms with Gasteiger partial charge in [0.15, 0.2) is 6.10 Å². The summed E-state index contributed by atoms with van der Waals surface area (Å²) in [6, 6.07) is 18.5. The molecule has 0 amide bonds. The molecule has 0 saturated heterocycles. The quantitative estimate of drug-likeness (QED) is 0.221. The van der Waals surface area contributed by atoms with Crippen molar-refractivity contribution in [3.63, 3.8) is 0 Å². The first-order chi connectivity index (χ1) is 19.6. The number of rotatable bonds is 6. The van der Waals surface area contributed by atoms with Gasteiger partial charge in [0.25, 0.3) is 0 Å². The Labute approximate surface area is 242 Å². The molecule has 1 N–H and O–H groups in total. The number of carbonyl (C=O) groups is 1. The van der Waals surface area contributed by atoms with Crippen LogP contribution in [0.3, 0.4) is 0 Å². The molecule has 7 nitrogen and oxygen atoms in total. The van der Waals surface area contributed by atoms with E-state index in [1.165, 1.54) is 0 Å². The van der Waals surface area contributed by atoms with Gasteiger partial charge in [-0.15, -0.1) is 0 Å². The highest BCUT2D eigenvalue weighted by Gasteiger charge is 2.33. The Morgan fingerprint density at radius 1 is 1.07 bits per heavy atom. The van der Waals surface area contributed by atoms with Crippen LogP contribution in [0.5, 0.6) is 17.4 Å². The van der Waals surface area contributed by atoms with Crippen molar-refractivity contribution >= 4 is 39.4 Å². The van der Waals surface area contributed by atoms with Crippen molar-refractivity contribution in [1.82, 2.24) is 9.97 Å². The molecule has 5 aromatic rings. The molecule has 6 rings (SSSR count). The summed E-state index contributed by atoms with van der Waals surface area (Å²) in [4.78, 5) is 22.3. The topological polar surface area (TPSA) is 90.8 Å². The molecular weight excluding hydrogens is 540 g/mol. The Kier molecular flexibility index (Phi) is 6.80. The largest absolute Gasteiger partial charge is 0.493 e. The number of aromatic nitrogens is 2. The van der Waals surface area contributed by atoms with Crippen molar-refractivity contribution in [3.05, 3.63) is 88.6 Å². The van der Waals surface area contributed by atoms with E-state index < -0.39 is 17.7 Å². The summed E-state index contributed by atoms with van der Waals surface area (Å²) < 4.78 is 18.2. The first kappa shape index (κ1) is 27.0. The number of pyridine rings is 2. The summed E-state index contributed by atoms with van der Waals surface area (Å²) in [6.07, 6.45) is 1.35. The number of hydrogen-bond donors (Lipinski definition) is 1. The number of carboxylic acid groups (broad SMARTS) is 1. The average molecular weight is 569 g/mol. The van der Waals surface area contributed by atoms with E-state index in [4.69, 9.17) is 35.8 Å². The predicted molar refractivity (Wildman–Crippen MR) is 159 cm³/mol. The average Bonchev–Trinajstić information content (AvgIpc) is 2.92. The molecule has 0 fully saturated rings.